The van der Waals surface area contributed by atoms with Crippen LogP contribution in [0.25, 0.3) is 0 Å². The summed E-state index contributed by atoms with van der Waals surface area (Å²) in [6.07, 6.45) is 4.25. The number of ether oxygens (including phenoxy) is 1. The lowest BCUT2D eigenvalue weighted by Gasteiger charge is -2.19. The van der Waals surface area contributed by atoms with Crippen molar-refractivity contribution in [1.82, 2.24) is 5.32 Å². The fourth-order valence-electron chi connectivity index (χ4n) is 3.83. The van der Waals surface area contributed by atoms with Crippen molar-refractivity contribution >= 4 is 11.6 Å². The van der Waals surface area contributed by atoms with Crippen LogP contribution in [-0.2, 0) is 0 Å². The van der Waals surface area contributed by atoms with Gasteiger partial charge in [-0.2, -0.15) is 0 Å². The van der Waals surface area contributed by atoms with Crippen molar-refractivity contribution in [2.75, 3.05) is 14.2 Å². The molecule has 2 nitrogen and oxygen atoms in total. The lowest BCUT2D eigenvalue weighted by atomic mass is 9.97. The molecule has 3 unspecified atom stereocenters. The van der Waals surface area contributed by atoms with Crippen LogP contribution >= 0.6 is 11.6 Å². The van der Waals surface area contributed by atoms with E-state index in [1.54, 1.807) is 7.11 Å². The quantitative estimate of drug-likeness (QED) is 0.897. The fraction of sp³-hybridized carbons (Fsp3) is 0.600. The summed E-state index contributed by atoms with van der Waals surface area (Å²) in [6, 6.07) is 6.61. The van der Waals surface area contributed by atoms with Crippen LogP contribution in [0.3, 0.4) is 0 Å². The summed E-state index contributed by atoms with van der Waals surface area (Å²) in [5.74, 6) is 3.46. The highest BCUT2D eigenvalue weighted by atomic mass is 35.5. The normalized spacial score (nSPS) is 30.9. The van der Waals surface area contributed by atoms with E-state index in [-0.39, 0.29) is 0 Å². The number of fused-ring (bicyclic) bond motifs is 1. The van der Waals surface area contributed by atoms with Gasteiger partial charge in [0.25, 0.3) is 0 Å². The molecule has 0 aliphatic heterocycles. The first-order valence-electron chi connectivity index (χ1n) is 6.77. The zero-order valence-electron chi connectivity index (χ0n) is 10.9. The Morgan fingerprint density at radius 3 is 2.61 bits per heavy atom. The van der Waals surface area contributed by atoms with Crippen molar-refractivity contribution in [3.8, 4) is 5.75 Å². The maximum Gasteiger partial charge on any atom is 0.137 e. The van der Waals surface area contributed by atoms with E-state index in [1.807, 2.05) is 6.07 Å². The molecule has 2 aliphatic carbocycles. The minimum Gasteiger partial charge on any atom is -0.495 e. The minimum atomic E-state index is 0.448. The highest BCUT2D eigenvalue weighted by Crippen LogP contribution is 2.62. The molecule has 0 radical (unpaired) electrons. The first-order chi connectivity index (χ1) is 8.76. The highest BCUT2D eigenvalue weighted by molar-refractivity contribution is 6.32. The van der Waals surface area contributed by atoms with Gasteiger partial charge in [0.1, 0.15) is 5.75 Å². The second-order valence-corrected chi connectivity index (χ2v) is 5.90. The van der Waals surface area contributed by atoms with E-state index in [4.69, 9.17) is 16.3 Å². The second kappa shape index (κ2) is 4.75. The second-order valence-electron chi connectivity index (χ2n) is 5.50. The van der Waals surface area contributed by atoms with Crippen LogP contribution in [0.2, 0.25) is 5.02 Å². The van der Waals surface area contributed by atoms with Crippen LogP contribution in [-0.4, -0.2) is 14.2 Å². The summed E-state index contributed by atoms with van der Waals surface area (Å²) in [4.78, 5) is 0. The molecule has 3 rings (SSSR count). The van der Waals surface area contributed by atoms with Gasteiger partial charge in [-0.1, -0.05) is 24.1 Å². The van der Waals surface area contributed by atoms with Gasteiger partial charge in [-0.3, -0.25) is 0 Å². The molecule has 3 atom stereocenters. The van der Waals surface area contributed by atoms with Crippen molar-refractivity contribution in [3.05, 3.63) is 28.8 Å². The molecule has 1 N–H and O–H groups in total. The van der Waals surface area contributed by atoms with E-state index in [9.17, 15) is 0 Å². The van der Waals surface area contributed by atoms with E-state index in [0.29, 0.717) is 11.1 Å². The number of halogens is 1. The molecule has 1 aromatic carbocycles. The van der Waals surface area contributed by atoms with Crippen LogP contribution in [0.1, 0.15) is 30.9 Å². The zero-order chi connectivity index (χ0) is 12.7. The topological polar surface area (TPSA) is 21.3 Å². The summed E-state index contributed by atoms with van der Waals surface area (Å²) in [5, 5.41) is 4.18. The van der Waals surface area contributed by atoms with Crippen LogP contribution in [0.5, 0.6) is 5.75 Å². The standard InChI is InChI=1S/C15H20ClNO/c1-17-15(14-10-4-3-5-11(10)14)9-6-7-13(18-2)12(16)8-9/h6-8,10-11,14-15,17H,3-5H2,1-2H3. The van der Waals surface area contributed by atoms with Crippen molar-refractivity contribution in [3.63, 3.8) is 0 Å². The minimum absolute atomic E-state index is 0.448. The predicted molar refractivity (Wildman–Crippen MR) is 74.1 cm³/mol. The van der Waals surface area contributed by atoms with Crippen molar-refractivity contribution in [2.24, 2.45) is 17.8 Å². The highest BCUT2D eigenvalue weighted by Gasteiger charge is 2.55. The van der Waals surface area contributed by atoms with Gasteiger partial charge in [-0.25, -0.2) is 0 Å². The van der Waals surface area contributed by atoms with Crippen LogP contribution in [0.15, 0.2) is 18.2 Å². The average Bonchev–Trinajstić information content (AvgIpc) is 2.85. The molecule has 0 heterocycles. The third kappa shape index (κ3) is 1.92. The molecule has 18 heavy (non-hydrogen) atoms. The molecule has 2 saturated carbocycles. The van der Waals surface area contributed by atoms with Gasteiger partial charge in [0, 0.05) is 6.04 Å². The maximum absolute atomic E-state index is 6.22. The van der Waals surface area contributed by atoms with E-state index >= 15 is 0 Å². The largest absolute Gasteiger partial charge is 0.495 e. The van der Waals surface area contributed by atoms with Gasteiger partial charge in [-0.15, -0.1) is 0 Å². The zero-order valence-corrected chi connectivity index (χ0v) is 11.7. The maximum atomic E-state index is 6.22. The average molecular weight is 266 g/mol. The van der Waals surface area contributed by atoms with Gasteiger partial charge < -0.3 is 10.1 Å². The van der Waals surface area contributed by atoms with Gasteiger partial charge >= 0.3 is 0 Å². The van der Waals surface area contributed by atoms with E-state index in [1.165, 1.54) is 24.8 Å². The molecular formula is C15H20ClNO. The Morgan fingerprint density at radius 2 is 2.06 bits per heavy atom. The molecular weight excluding hydrogens is 246 g/mol. The Bertz CT molecular complexity index is 438. The summed E-state index contributed by atoms with van der Waals surface area (Å²) in [7, 11) is 3.71. The molecule has 0 bridgehead atoms. The number of hydrogen-bond acceptors (Lipinski definition) is 2. The third-order valence-corrected chi connectivity index (χ3v) is 5.00. The van der Waals surface area contributed by atoms with Gasteiger partial charge in [0.2, 0.25) is 0 Å². The Morgan fingerprint density at radius 1 is 1.33 bits per heavy atom. The van der Waals surface area contributed by atoms with Crippen molar-refractivity contribution in [2.45, 2.75) is 25.3 Å². The fourth-order valence-corrected chi connectivity index (χ4v) is 4.09. The predicted octanol–water partition coefficient (Wildman–Crippen LogP) is 3.66. The van der Waals surface area contributed by atoms with Crippen LogP contribution < -0.4 is 10.1 Å². The molecule has 0 saturated heterocycles. The Kier molecular flexibility index (Phi) is 3.25. The van der Waals surface area contributed by atoms with Gasteiger partial charge in [0.15, 0.2) is 0 Å². The van der Waals surface area contributed by atoms with E-state index in [2.05, 4.69) is 24.5 Å². The molecule has 2 fully saturated rings. The van der Waals surface area contributed by atoms with E-state index in [0.717, 1.165) is 23.5 Å². The van der Waals surface area contributed by atoms with Crippen molar-refractivity contribution < 1.29 is 4.74 Å². The monoisotopic (exact) mass is 265 g/mol. The number of nitrogens with one attached hydrogen (secondary N) is 1. The van der Waals surface area contributed by atoms with Crippen LogP contribution in [0, 0.1) is 17.8 Å². The molecule has 3 heteroatoms. The number of benzene rings is 1. The first-order valence-corrected chi connectivity index (χ1v) is 7.14. The molecule has 0 aromatic heterocycles. The Labute approximate surface area is 114 Å². The summed E-state index contributed by atoms with van der Waals surface area (Å²) >= 11 is 6.22. The summed E-state index contributed by atoms with van der Waals surface area (Å²) < 4.78 is 5.21. The molecule has 98 valence electrons. The Hall–Kier alpha value is -0.730. The van der Waals surface area contributed by atoms with Gasteiger partial charge in [-0.05, 0) is 55.3 Å². The number of methoxy groups -OCH3 is 1. The number of rotatable bonds is 4. The summed E-state index contributed by atoms with van der Waals surface area (Å²) in [5.41, 5.74) is 1.29. The third-order valence-electron chi connectivity index (χ3n) is 4.70. The SMILES string of the molecule is CNC(c1ccc(OC)c(Cl)c1)C1C2CCCC21. The lowest BCUT2D eigenvalue weighted by molar-refractivity contribution is 0.413. The lowest BCUT2D eigenvalue weighted by Crippen LogP contribution is -2.20. The molecule has 2 aliphatic rings. The Balaban J connectivity index is 1.82. The van der Waals surface area contributed by atoms with Crippen LogP contribution in [0.4, 0.5) is 0 Å². The van der Waals surface area contributed by atoms with Crippen molar-refractivity contribution in [1.29, 1.82) is 0 Å². The first kappa shape index (κ1) is 12.3. The summed E-state index contributed by atoms with van der Waals surface area (Å²) in [6.45, 7) is 0. The number of hydrogen-bond donors (Lipinski definition) is 1. The molecule has 0 amide bonds. The smallest absolute Gasteiger partial charge is 0.137 e. The molecule has 1 aromatic rings. The molecule has 0 spiro atoms. The van der Waals surface area contributed by atoms with E-state index < -0.39 is 0 Å². The van der Waals surface area contributed by atoms with Gasteiger partial charge in [0.05, 0.1) is 12.1 Å².